The SMILES string of the molecule is Cc1ccccc1CC(=O)N1CCN(C(C)C(=O)O)CC1. The van der Waals surface area contributed by atoms with Gasteiger partial charge >= 0.3 is 5.97 Å². The molecule has 0 bridgehead atoms. The molecule has 1 N–H and O–H groups in total. The molecule has 1 unspecified atom stereocenters. The van der Waals surface area contributed by atoms with Crippen LogP contribution in [-0.2, 0) is 16.0 Å². The molecular formula is C16H22N2O3. The standard InChI is InChI=1S/C16H22N2O3/c1-12-5-3-4-6-14(12)11-15(19)18-9-7-17(8-10-18)13(2)16(20)21/h3-6,13H,7-11H2,1-2H3,(H,20,21). The third-order valence-electron chi connectivity index (χ3n) is 4.18. The molecule has 1 fully saturated rings. The Labute approximate surface area is 125 Å². The van der Waals surface area contributed by atoms with E-state index < -0.39 is 12.0 Å². The van der Waals surface area contributed by atoms with Crippen LogP contribution in [0.3, 0.4) is 0 Å². The van der Waals surface area contributed by atoms with Crippen LogP contribution in [0.25, 0.3) is 0 Å². The van der Waals surface area contributed by atoms with E-state index in [1.165, 1.54) is 0 Å². The summed E-state index contributed by atoms with van der Waals surface area (Å²) in [5.41, 5.74) is 2.19. The zero-order valence-corrected chi connectivity index (χ0v) is 12.6. The van der Waals surface area contributed by atoms with Crippen molar-refractivity contribution in [3.8, 4) is 0 Å². The van der Waals surface area contributed by atoms with E-state index in [0.717, 1.165) is 11.1 Å². The number of carbonyl (C=O) groups excluding carboxylic acids is 1. The van der Waals surface area contributed by atoms with Crippen molar-refractivity contribution in [2.75, 3.05) is 26.2 Å². The molecule has 114 valence electrons. The van der Waals surface area contributed by atoms with Gasteiger partial charge in [0.2, 0.25) is 5.91 Å². The summed E-state index contributed by atoms with van der Waals surface area (Å²) in [6.45, 7) is 6.13. The zero-order valence-electron chi connectivity index (χ0n) is 12.6. The number of aliphatic carboxylic acids is 1. The second-order valence-corrected chi connectivity index (χ2v) is 5.53. The number of carbonyl (C=O) groups is 2. The smallest absolute Gasteiger partial charge is 0.320 e. The summed E-state index contributed by atoms with van der Waals surface area (Å²) in [4.78, 5) is 27.0. The van der Waals surface area contributed by atoms with Crippen molar-refractivity contribution in [2.24, 2.45) is 0 Å². The van der Waals surface area contributed by atoms with Crippen LogP contribution in [0, 0.1) is 6.92 Å². The van der Waals surface area contributed by atoms with E-state index in [4.69, 9.17) is 5.11 Å². The highest BCUT2D eigenvalue weighted by molar-refractivity contribution is 5.79. The molecule has 21 heavy (non-hydrogen) atoms. The van der Waals surface area contributed by atoms with Gasteiger partial charge in [0.25, 0.3) is 0 Å². The van der Waals surface area contributed by atoms with E-state index >= 15 is 0 Å². The Morgan fingerprint density at radius 2 is 1.81 bits per heavy atom. The predicted molar refractivity (Wildman–Crippen MR) is 80.1 cm³/mol. The van der Waals surface area contributed by atoms with E-state index in [1.807, 2.05) is 41.0 Å². The Bertz CT molecular complexity index is 522. The molecule has 1 aromatic rings. The molecule has 5 nitrogen and oxygen atoms in total. The van der Waals surface area contributed by atoms with Gasteiger partial charge in [-0.1, -0.05) is 24.3 Å². The lowest BCUT2D eigenvalue weighted by Gasteiger charge is -2.36. The first-order valence-electron chi connectivity index (χ1n) is 7.28. The molecule has 1 amide bonds. The lowest BCUT2D eigenvalue weighted by Crippen LogP contribution is -2.53. The lowest BCUT2D eigenvalue weighted by atomic mass is 10.1. The van der Waals surface area contributed by atoms with Crippen LogP contribution in [-0.4, -0.2) is 59.0 Å². The second kappa shape index (κ2) is 6.72. The summed E-state index contributed by atoms with van der Waals surface area (Å²) in [6.07, 6.45) is 0.418. The van der Waals surface area contributed by atoms with Gasteiger partial charge in [0, 0.05) is 26.2 Å². The number of hydrogen-bond acceptors (Lipinski definition) is 3. The fourth-order valence-corrected chi connectivity index (χ4v) is 2.60. The van der Waals surface area contributed by atoms with E-state index in [-0.39, 0.29) is 5.91 Å². The average molecular weight is 290 g/mol. The number of piperazine rings is 1. The Balaban J connectivity index is 1.89. The van der Waals surface area contributed by atoms with E-state index in [1.54, 1.807) is 6.92 Å². The second-order valence-electron chi connectivity index (χ2n) is 5.53. The summed E-state index contributed by atoms with van der Waals surface area (Å²) in [6, 6.07) is 7.42. The number of carboxylic acid groups (broad SMARTS) is 1. The van der Waals surface area contributed by atoms with E-state index in [9.17, 15) is 9.59 Å². The first-order chi connectivity index (χ1) is 9.99. The van der Waals surface area contributed by atoms with E-state index in [2.05, 4.69) is 0 Å². The normalized spacial score (nSPS) is 17.5. The molecule has 0 radical (unpaired) electrons. The summed E-state index contributed by atoms with van der Waals surface area (Å²) in [5.74, 6) is -0.693. The Morgan fingerprint density at radius 3 is 2.38 bits per heavy atom. The largest absolute Gasteiger partial charge is 0.480 e. The molecule has 2 rings (SSSR count). The van der Waals surface area contributed by atoms with E-state index in [0.29, 0.717) is 32.6 Å². The topological polar surface area (TPSA) is 60.9 Å². The summed E-state index contributed by atoms with van der Waals surface area (Å²) >= 11 is 0. The van der Waals surface area contributed by atoms with Crippen LogP contribution in [0.4, 0.5) is 0 Å². The maximum Gasteiger partial charge on any atom is 0.320 e. The number of aryl methyl sites for hydroxylation is 1. The molecule has 5 heteroatoms. The van der Waals surface area contributed by atoms with Crippen LogP contribution < -0.4 is 0 Å². The van der Waals surface area contributed by atoms with Gasteiger partial charge in [0.05, 0.1) is 6.42 Å². The molecular weight excluding hydrogens is 268 g/mol. The van der Waals surface area contributed by atoms with Crippen LogP contribution in [0.5, 0.6) is 0 Å². The number of benzene rings is 1. The molecule has 1 aliphatic heterocycles. The van der Waals surface area contributed by atoms with Gasteiger partial charge in [0.1, 0.15) is 6.04 Å². The van der Waals surface area contributed by atoms with Crippen molar-refractivity contribution in [1.82, 2.24) is 9.80 Å². The predicted octanol–water partition coefficient (Wildman–Crippen LogP) is 1.15. The maximum absolute atomic E-state index is 12.3. The molecule has 1 aliphatic rings. The Hall–Kier alpha value is -1.88. The number of amides is 1. The molecule has 0 spiro atoms. The number of rotatable bonds is 4. The summed E-state index contributed by atoms with van der Waals surface area (Å²) < 4.78 is 0. The van der Waals surface area contributed by atoms with Crippen molar-refractivity contribution in [1.29, 1.82) is 0 Å². The summed E-state index contributed by atoms with van der Waals surface area (Å²) in [5, 5.41) is 9.01. The number of nitrogens with zero attached hydrogens (tertiary/aromatic N) is 2. The minimum Gasteiger partial charge on any atom is -0.480 e. The van der Waals surface area contributed by atoms with Crippen LogP contribution in [0.2, 0.25) is 0 Å². The molecule has 1 aromatic carbocycles. The first-order valence-corrected chi connectivity index (χ1v) is 7.28. The van der Waals surface area contributed by atoms with Gasteiger partial charge in [0.15, 0.2) is 0 Å². The van der Waals surface area contributed by atoms with Crippen LogP contribution in [0.1, 0.15) is 18.1 Å². The maximum atomic E-state index is 12.3. The minimum atomic E-state index is -0.810. The van der Waals surface area contributed by atoms with Gasteiger partial charge in [-0.2, -0.15) is 0 Å². The molecule has 0 saturated carbocycles. The molecule has 1 saturated heterocycles. The Kier molecular flexibility index (Phi) is 4.96. The average Bonchev–Trinajstić information content (AvgIpc) is 2.49. The van der Waals surface area contributed by atoms with Gasteiger partial charge in [-0.3, -0.25) is 14.5 Å². The highest BCUT2D eigenvalue weighted by Gasteiger charge is 2.27. The molecule has 1 atom stereocenters. The summed E-state index contributed by atoms with van der Waals surface area (Å²) in [7, 11) is 0. The van der Waals surface area contributed by atoms with Crippen molar-refractivity contribution >= 4 is 11.9 Å². The highest BCUT2D eigenvalue weighted by Crippen LogP contribution is 2.12. The fourth-order valence-electron chi connectivity index (χ4n) is 2.60. The van der Waals surface area contributed by atoms with Gasteiger partial charge in [-0.05, 0) is 25.0 Å². The monoisotopic (exact) mass is 290 g/mol. The van der Waals surface area contributed by atoms with Crippen molar-refractivity contribution in [3.63, 3.8) is 0 Å². The first kappa shape index (κ1) is 15.5. The molecule has 0 aliphatic carbocycles. The third kappa shape index (κ3) is 3.82. The third-order valence-corrected chi connectivity index (χ3v) is 4.18. The number of carboxylic acids is 1. The van der Waals surface area contributed by atoms with Crippen LogP contribution in [0.15, 0.2) is 24.3 Å². The quantitative estimate of drug-likeness (QED) is 0.904. The molecule has 0 aromatic heterocycles. The lowest BCUT2D eigenvalue weighted by molar-refractivity contribution is -0.144. The van der Waals surface area contributed by atoms with Crippen molar-refractivity contribution in [3.05, 3.63) is 35.4 Å². The van der Waals surface area contributed by atoms with Crippen molar-refractivity contribution in [2.45, 2.75) is 26.3 Å². The van der Waals surface area contributed by atoms with Crippen molar-refractivity contribution < 1.29 is 14.7 Å². The molecule has 1 heterocycles. The zero-order chi connectivity index (χ0) is 15.4. The van der Waals surface area contributed by atoms with Gasteiger partial charge in [-0.25, -0.2) is 0 Å². The minimum absolute atomic E-state index is 0.118. The highest BCUT2D eigenvalue weighted by atomic mass is 16.4. The Morgan fingerprint density at radius 1 is 1.19 bits per heavy atom. The van der Waals surface area contributed by atoms with Gasteiger partial charge < -0.3 is 10.0 Å². The fraction of sp³-hybridized carbons (Fsp3) is 0.500. The van der Waals surface area contributed by atoms with Crippen LogP contribution >= 0.6 is 0 Å². The number of hydrogen-bond donors (Lipinski definition) is 1. The van der Waals surface area contributed by atoms with Gasteiger partial charge in [-0.15, -0.1) is 0 Å².